The van der Waals surface area contributed by atoms with Crippen LogP contribution in [-0.2, 0) is 14.2 Å². The highest BCUT2D eigenvalue weighted by Crippen LogP contribution is 2.38. The van der Waals surface area contributed by atoms with Gasteiger partial charge >= 0.3 is 0 Å². The van der Waals surface area contributed by atoms with E-state index in [2.05, 4.69) is 5.32 Å². The summed E-state index contributed by atoms with van der Waals surface area (Å²) in [7, 11) is 1.71. The average molecular weight is 299 g/mol. The lowest BCUT2D eigenvalue weighted by atomic mass is 9.78. The first kappa shape index (κ1) is 17.2. The van der Waals surface area contributed by atoms with Crippen molar-refractivity contribution in [1.82, 2.24) is 5.32 Å². The lowest BCUT2D eigenvalue weighted by Gasteiger charge is -2.43. The van der Waals surface area contributed by atoms with Crippen molar-refractivity contribution in [2.45, 2.75) is 69.4 Å². The molecule has 0 aromatic rings. The summed E-state index contributed by atoms with van der Waals surface area (Å²) < 4.78 is 16.6. The molecule has 2 aliphatic rings. The van der Waals surface area contributed by atoms with Gasteiger partial charge in [-0.25, -0.2) is 0 Å². The molecule has 1 unspecified atom stereocenters. The molecule has 0 bridgehead atoms. The highest BCUT2D eigenvalue weighted by atomic mass is 16.5. The third-order valence-corrected chi connectivity index (χ3v) is 4.84. The first-order chi connectivity index (χ1) is 10.3. The van der Waals surface area contributed by atoms with Crippen LogP contribution >= 0.6 is 0 Å². The first-order valence-corrected chi connectivity index (χ1v) is 8.79. The maximum atomic E-state index is 6.15. The number of rotatable bonds is 9. The fourth-order valence-corrected chi connectivity index (χ4v) is 3.63. The maximum absolute atomic E-state index is 6.15. The molecule has 2 rings (SSSR count). The van der Waals surface area contributed by atoms with Gasteiger partial charge in [-0.2, -0.15) is 0 Å². The quantitative estimate of drug-likeness (QED) is 0.665. The Kier molecular flexibility index (Phi) is 8.01. The molecule has 0 aromatic heterocycles. The predicted octanol–water partition coefficient (Wildman–Crippen LogP) is 2.90. The predicted molar refractivity (Wildman–Crippen MR) is 84.7 cm³/mol. The van der Waals surface area contributed by atoms with E-state index in [0.717, 1.165) is 26.2 Å². The zero-order valence-corrected chi connectivity index (χ0v) is 13.7. The molecule has 0 amide bonds. The zero-order valence-electron chi connectivity index (χ0n) is 13.7. The van der Waals surface area contributed by atoms with Crippen molar-refractivity contribution in [2.24, 2.45) is 0 Å². The number of nitrogens with one attached hydrogen (secondary N) is 1. The molecule has 1 saturated heterocycles. The molecule has 0 radical (unpaired) electrons. The Morgan fingerprint density at radius 3 is 2.76 bits per heavy atom. The van der Waals surface area contributed by atoms with Crippen LogP contribution in [0.2, 0.25) is 0 Å². The summed E-state index contributed by atoms with van der Waals surface area (Å²) in [6.45, 7) is 4.31. The van der Waals surface area contributed by atoms with Gasteiger partial charge in [-0.05, 0) is 45.1 Å². The van der Waals surface area contributed by atoms with Gasteiger partial charge < -0.3 is 19.5 Å². The van der Waals surface area contributed by atoms with Crippen LogP contribution in [0.4, 0.5) is 0 Å². The fraction of sp³-hybridized carbons (Fsp3) is 1.00. The summed E-state index contributed by atoms with van der Waals surface area (Å²) in [6, 6.07) is 0.659. The van der Waals surface area contributed by atoms with Gasteiger partial charge in [-0.3, -0.25) is 0 Å². The number of unbranched alkanes of at least 4 members (excludes halogenated alkanes) is 1. The lowest BCUT2D eigenvalue weighted by molar-refractivity contribution is -0.109. The van der Waals surface area contributed by atoms with Gasteiger partial charge in [0.25, 0.3) is 0 Å². The van der Waals surface area contributed by atoms with E-state index >= 15 is 0 Å². The van der Waals surface area contributed by atoms with Crippen molar-refractivity contribution < 1.29 is 14.2 Å². The summed E-state index contributed by atoms with van der Waals surface area (Å²) in [4.78, 5) is 0. The third kappa shape index (κ3) is 6.23. The topological polar surface area (TPSA) is 39.7 Å². The van der Waals surface area contributed by atoms with Crippen LogP contribution in [0.25, 0.3) is 0 Å². The highest BCUT2D eigenvalue weighted by Gasteiger charge is 2.38. The number of hydrogen-bond donors (Lipinski definition) is 1. The first-order valence-electron chi connectivity index (χ1n) is 8.79. The molecular formula is C17H33NO3. The molecule has 1 aliphatic heterocycles. The number of ether oxygens (including phenoxy) is 3. The Hall–Kier alpha value is -0.160. The minimum Gasteiger partial charge on any atom is -0.382 e. The van der Waals surface area contributed by atoms with E-state index in [1.54, 1.807) is 7.11 Å². The van der Waals surface area contributed by atoms with Gasteiger partial charge in [-0.1, -0.05) is 19.3 Å². The smallest absolute Gasteiger partial charge is 0.0700 e. The van der Waals surface area contributed by atoms with E-state index in [9.17, 15) is 0 Å². The van der Waals surface area contributed by atoms with Gasteiger partial charge in [0.1, 0.15) is 0 Å². The van der Waals surface area contributed by atoms with E-state index in [1.807, 2.05) is 0 Å². The molecule has 1 spiro atoms. The third-order valence-electron chi connectivity index (χ3n) is 4.84. The van der Waals surface area contributed by atoms with Crippen molar-refractivity contribution in [2.75, 3.05) is 40.1 Å². The van der Waals surface area contributed by atoms with Crippen molar-refractivity contribution in [3.05, 3.63) is 0 Å². The fourth-order valence-electron chi connectivity index (χ4n) is 3.63. The van der Waals surface area contributed by atoms with E-state index in [-0.39, 0.29) is 5.60 Å². The van der Waals surface area contributed by atoms with Crippen LogP contribution in [0.15, 0.2) is 0 Å². The monoisotopic (exact) mass is 299 g/mol. The summed E-state index contributed by atoms with van der Waals surface area (Å²) in [5.41, 5.74) is 0.220. The van der Waals surface area contributed by atoms with Crippen LogP contribution in [0.5, 0.6) is 0 Å². The summed E-state index contributed by atoms with van der Waals surface area (Å²) in [5.74, 6) is 0. The molecule has 21 heavy (non-hydrogen) atoms. The van der Waals surface area contributed by atoms with Crippen molar-refractivity contribution in [3.63, 3.8) is 0 Å². The molecular weight excluding hydrogens is 266 g/mol. The maximum Gasteiger partial charge on any atom is 0.0700 e. The lowest BCUT2D eigenvalue weighted by Crippen LogP contribution is -2.48. The standard InChI is InChI=1S/C17H33NO3/c1-19-13-14-20-11-6-5-10-18-16-7-12-21-17(15-16)8-3-2-4-9-17/h16,18H,2-15H2,1H3. The molecule has 1 N–H and O–H groups in total. The normalized spacial score (nSPS) is 25.3. The molecule has 2 fully saturated rings. The minimum absolute atomic E-state index is 0.220. The van der Waals surface area contributed by atoms with Crippen molar-refractivity contribution >= 4 is 0 Å². The minimum atomic E-state index is 0.220. The van der Waals surface area contributed by atoms with Crippen LogP contribution in [0.3, 0.4) is 0 Å². The second kappa shape index (κ2) is 9.78. The highest BCUT2D eigenvalue weighted by molar-refractivity contribution is 4.91. The average Bonchev–Trinajstić information content (AvgIpc) is 2.51. The van der Waals surface area contributed by atoms with Gasteiger partial charge in [0.15, 0.2) is 0 Å². The number of methoxy groups -OCH3 is 1. The van der Waals surface area contributed by atoms with Gasteiger partial charge in [-0.15, -0.1) is 0 Å². The largest absolute Gasteiger partial charge is 0.382 e. The molecule has 4 nitrogen and oxygen atoms in total. The van der Waals surface area contributed by atoms with E-state index < -0.39 is 0 Å². The number of hydrogen-bond acceptors (Lipinski definition) is 4. The Labute approximate surface area is 129 Å². The molecule has 1 saturated carbocycles. The van der Waals surface area contributed by atoms with E-state index in [4.69, 9.17) is 14.2 Å². The molecule has 1 aliphatic carbocycles. The zero-order chi connectivity index (χ0) is 14.8. The van der Waals surface area contributed by atoms with Gasteiger partial charge in [0.2, 0.25) is 0 Å². The second-order valence-electron chi connectivity index (χ2n) is 6.55. The van der Waals surface area contributed by atoms with Gasteiger partial charge in [0, 0.05) is 26.4 Å². The van der Waals surface area contributed by atoms with Crippen LogP contribution in [-0.4, -0.2) is 51.7 Å². The second-order valence-corrected chi connectivity index (χ2v) is 6.55. The van der Waals surface area contributed by atoms with Crippen molar-refractivity contribution in [3.8, 4) is 0 Å². The Morgan fingerprint density at radius 2 is 1.95 bits per heavy atom. The van der Waals surface area contributed by atoms with Crippen molar-refractivity contribution in [1.29, 1.82) is 0 Å². The SMILES string of the molecule is COCCOCCCCNC1CCOC2(CCCCC2)C1. The molecule has 0 aromatic carbocycles. The summed E-state index contributed by atoms with van der Waals surface area (Å²) >= 11 is 0. The van der Waals surface area contributed by atoms with E-state index in [0.29, 0.717) is 19.3 Å². The van der Waals surface area contributed by atoms with Crippen LogP contribution in [0, 0.1) is 0 Å². The Morgan fingerprint density at radius 1 is 1.10 bits per heavy atom. The van der Waals surface area contributed by atoms with Crippen LogP contribution < -0.4 is 5.32 Å². The Bertz CT molecular complexity index is 261. The van der Waals surface area contributed by atoms with Gasteiger partial charge in [0.05, 0.1) is 18.8 Å². The summed E-state index contributed by atoms with van der Waals surface area (Å²) in [5, 5.41) is 3.73. The molecule has 1 atom stereocenters. The van der Waals surface area contributed by atoms with Crippen LogP contribution in [0.1, 0.15) is 57.8 Å². The summed E-state index contributed by atoms with van der Waals surface area (Å²) in [6.07, 6.45) is 11.4. The Balaban J connectivity index is 1.52. The molecule has 124 valence electrons. The molecule has 1 heterocycles. The van der Waals surface area contributed by atoms with E-state index in [1.165, 1.54) is 51.4 Å². The molecule has 4 heteroatoms.